The minimum atomic E-state index is 0.895. The average Bonchev–Trinajstić information content (AvgIpc) is 2.89. The van der Waals surface area contributed by atoms with Crippen molar-refractivity contribution in [2.24, 2.45) is 0 Å². The van der Waals surface area contributed by atoms with E-state index in [4.69, 9.17) is 0 Å². The summed E-state index contributed by atoms with van der Waals surface area (Å²) in [5.74, 6) is 0. The number of aromatic amines is 1. The third-order valence-corrected chi connectivity index (χ3v) is 2.91. The molecule has 4 heteroatoms. The highest BCUT2D eigenvalue weighted by atomic mass is 14.9. The predicted octanol–water partition coefficient (Wildman–Crippen LogP) is 3.35. The van der Waals surface area contributed by atoms with Crippen molar-refractivity contribution < 1.29 is 0 Å². The number of aromatic nitrogens is 2. The molecule has 0 saturated carbocycles. The number of anilines is 3. The van der Waals surface area contributed by atoms with Crippen molar-refractivity contribution in [3.8, 4) is 0 Å². The van der Waals surface area contributed by atoms with E-state index in [0.29, 0.717) is 0 Å². The van der Waals surface area contributed by atoms with E-state index in [9.17, 15) is 0 Å². The summed E-state index contributed by atoms with van der Waals surface area (Å²) in [5.41, 5.74) is 4.11. The van der Waals surface area contributed by atoms with Crippen LogP contribution in [0, 0.1) is 0 Å². The van der Waals surface area contributed by atoms with E-state index in [1.165, 1.54) is 0 Å². The van der Waals surface area contributed by atoms with Crippen LogP contribution in [0.3, 0.4) is 0 Å². The van der Waals surface area contributed by atoms with Crippen LogP contribution in [-0.4, -0.2) is 17.0 Å². The topological polar surface area (TPSA) is 52.7 Å². The maximum absolute atomic E-state index is 4.27. The molecule has 1 aromatic carbocycles. The second kappa shape index (κ2) is 4.41. The predicted molar refractivity (Wildman–Crippen MR) is 75.4 cm³/mol. The first-order valence-electron chi connectivity index (χ1n) is 5.84. The van der Waals surface area contributed by atoms with Crippen molar-refractivity contribution in [3.63, 3.8) is 0 Å². The van der Waals surface area contributed by atoms with Crippen molar-refractivity contribution in [1.29, 1.82) is 0 Å². The van der Waals surface area contributed by atoms with Crippen molar-refractivity contribution >= 4 is 28.1 Å². The summed E-state index contributed by atoms with van der Waals surface area (Å²) >= 11 is 0. The van der Waals surface area contributed by atoms with E-state index in [1.54, 1.807) is 6.20 Å². The van der Waals surface area contributed by atoms with Crippen LogP contribution in [0.1, 0.15) is 0 Å². The molecule has 2 heterocycles. The normalized spacial score (nSPS) is 10.5. The number of rotatable bonds is 3. The monoisotopic (exact) mass is 238 g/mol. The molecule has 0 saturated heterocycles. The van der Waals surface area contributed by atoms with E-state index in [2.05, 4.69) is 20.6 Å². The maximum Gasteiger partial charge on any atom is 0.139 e. The molecule has 0 amide bonds. The summed E-state index contributed by atoms with van der Waals surface area (Å²) in [5, 5.41) is 7.59. The first-order chi connectivity index (χ1) is 8.86. The van der Waals surface area contributed by atoms with Gasteiger partial charge in [0.1, 0.15) is 5.65 Å². The number of benzene rings is 1. The summed E-state index contributed by atoms with van der Waals surface area (Å²) in [7, 11) is 1.91. The van der Waals surface area contributed by atoms with Gasteiger partial charge in [0.15, 0.2) is 0 Å². The van der Waals surface area contributed by atoms with Gasteiger partial charge in [-0.15, -0.1) is 0 Å². The number of hydrogen-bond donors (Lipinski definition) is 3. The van der Waals surface area contributed by atoms with Gasteiger partial charge in [-0.1, -0.05) is 0 Å². The fraction of sp³-hybridized carbons (Fsp3) is 0.0714. The lowest BCUT2D eigenvalue weighted by Gasteiger charge is -2.08. The zero-order valence-corrected chi connectivity index (χ0v) is 10.1. The third kappa shape index (κ3) is 1.88. The van der Waals surface area contributed by atoms with Gasteiger partial charge < -0.3 is 15.6 Å². The molecule has 0 unspecified atom stereocenters. The van der Waals surface area contributed by atoms with E-state index >= 15 is 0 Å². The van der Waals surface area contributed by atoms with Gasteiger partial charge in [-0.05, 0) is 36.4 Å². The maximum atomic E-state index is 4.27. The molecule has 0 spiro atoms. The van der Waals surface area contributed by atoms with Crippen LogP contribution in [0.2, 0.25) is 0 Å². The molecule has 18 heavy (non-hydrogen) atoms. The smallest absolute Gasteiger partial charge is 0.139 e. The van der Waals surface area contributed by atoms with Gasteiger partial charge in [-0.25, -0.2) is 4.98 Å². The minimum absolute atomic E-state index is 0.895. The van der Waals surface area contributed by atoms with Crippen LogP contribution in [0.15, 0.2) is 48.8 Å². The highest BCUT2D eigenvalue weighted by molar-refractivity contribution is 5.91. The molecule has 0 radical (unpaired) electrons. The Hall–Kier alpha value is -2.49. The van der Waals surface area contributed by atoms with Gasteiger partial charge in [0.05, 0.1) is 5.69 Å². The average molecular weight is 238 g/mol. The molecule has 2 aromatic heterocycles. The number of nitrogens with one attached hydrogen (secondary N) is 3. The van der Waals surface area contributed by atoms with Gasteiger partial charge >= 0.3 is 0 Å². The fourth-order valence-electron chi connectivity index (χ4n) is 1.95. The van der Waals surface area contributed by atoms with Crippen LogP contribution in [0.4, 0.5) is 17.1 Å². The summed E-state index contributed by atoms with van der Waals surface area (Å²) < 4.78 is 0. The van der Waals surface area contributed by atoms with Crippen molar-refractivity contribution in [1.82, 2.24) is 9.97 Å². The Morgan fingerprint density at radius 3 is 2.56 bits per heavy atom. The van der Waals surface area contributed by atoms with E-state index in [-0.39, 0.29) is 0 Å². The highest BCUT2D eigenvalue weighted by Crippen LogP contribution is 2.24. The van der Waals surface area contributed by atoms with E-state index in [1.807, 2.05) is 49.6 Å². The number of hydrogen-bond acceptors (Lipinski definition) is 3. The lowest BCUT2D eigenvalue weighted by molar-refractivity contribution is 1.32. The molecule has 3 aromatic rings. The van der Waals surface area contributed by atoms with E-state index in [0.717, 1.165) is 28.1 Å². The van der Waals surface area contributed by atoms with Gasteiger partial charge in [0.2, 0.25) is 0 Å². The van der Waals surface area contributed by atoms with Crippen LogP contribution in [0.25, 0.3) is 11.0 Å². The molecule has 4 nitrogen and oxygen atoms in total. The van der Waals surface area contributed by atoms with E-state index < -0.39 is 0 Å². The number of fused-ring (bicyclic) bond motifs is 1. The summed E-state index contributed by atoms with van der Waals surface area (Å²) in [6.07, 6.45) is 3.69. The van der Waals surface area contributed by atoms with Crippen LogP contribution in [0.5, 0.6) is 0 Å². The van der Waals surface area contributed by atoms with Gasteiger partial charge in [0.25, 0.3) is 0 Å². The second-order valence-corrected chi connectivity index (χ2v) is 4.05. The Labute approximate surface area is 105 Å². The van der Waals surface area contributed by atoms with Gasteiger partial charge in [-0.2, -0.15) is 0 Å². The Balaban J connectivity index is 1.93. The lowest BCUT2D eigenvalue weighted by Crippen LogP contribution is -1.92. The molecule has 0 aliphatic heterocycles. The summed E-state index contributed by atoms with van der Waals surface area (Å²) in [6, 6.07) is 12.2. The molecule has 0 aliphatic carbocycles. The zero-order valence-electron chi connectivity index (χ0n) is 10.1. The number of pyridine rings is 1. The Kier molecular flexibility index (Phi) is 2.61. The standard InChI is InChI=1S/C14H14N4/c1-15-10-2-4-11(5-3-10)18-13-7-9-17-14-12(13)6-8-16-14/h2-9,15H,1H3,(H2,16,17,18). The third-order valence-electron chi connectivity index (χ3n) is 2.91. The van der Waals surface area contributed by atoms with Crippen molar-refractivity contribution in [3.05, 3.63) is 48.8 Å². The molecule has 90 valence electrons. The number of nitrogens with zero attached hydrogens (tertiary/aromatic N) is 1. The summed E-state index contributed by atoms with van der Waals surface area (Å²) in [6.45, 7) is 0. The Morgan fingerprint density at radius 2 is 1.78 bits per heavy atom. The molecule has 0 bridgehead atoms. The molecule has 3 N–H and O–H groups in total. The van der Waals surface area contributed by atoms with Crippen LogP contribution < -0.4 is 10.6 Å². The molecule has 0 aliphatic rings. The van der Waals surface area contributed by atoms with Gasteiger partial charge in [-0.3, -0.25) is 0 Å². The van der Waals surface area contributed by atoms with Crippen molar-refractivity contribution in [2.45, 2.75) is 0 Å². The zero-order chi connectivity index (χ0) is 12.4. The SMILES string of the molecule is CNc1ccc(Nc2ccnc3[nH]ccc23)cc1. The van der Waals surface area contributed by atoms with Gasteiger partial charge in [0, 0.05) is 36.2 Å². The molecule has 0 fully saturated rings. The first-order valence-corrected chi connectivity index (χ1v) is 5.84. The van der Waals surface area contributed by atoms with Crippen LogP contribution in [-0.2, 0) is 0 Å². The molecular weight excluding hydrogens is 224 g/mol. The Bertz CT molecular complexity index is 655. The second-order valence-electron chi connectivity index (χ2n) is 4.05. The quantitative estimate of drug-likeness (QED) is 0.656. The highest BCUT2D eigenvalue weighted by Gasteiger charge is 2.02. The van der Waals surface area contributed by atoms with Crippen molar-refractivity contribution in [2.75, 3.05) is 17.7 Å². The summed E-state index contributed by atoms with van der Waals surface area (Å²) in [4.78, 5) is 7.37. The minimum Gasteiger partial charge on any atom is -0.388 e. The van der Waals surface area contributed by atoms with Crippen LogP contribution >= 0.6 is 0 Å². The molecule has 0 atom stereocenters. The number of H-pyrrole nitrogens is 1. The first kappa shape index (κ1) is 10.7. The molecule has 3 rings (SSSR count). The molecular formula is C14H14N4. The Morgan fingerprint density at radius 1 is 1.00 bits per heavy atom. The fourth-order valence-corrected chi connectivity index (χ4v) is 1.95. The largest absolute Gasteiger partial charge is 0.388 e. The lowest BCUT2D eigenvalue weighted by atomic mass is 10.2.